The molecule has 0 bridgehead atoms. The average Bonchev–Trinajstić information content (AvgIpc) is 2.83. The lowest BCUT2D eigenvalue weighted by molar-refractivity contribution is -0.134. The molecule has 0 heterocycles. The minimum atomic E-state index is -0.651. The summed E-state index contributed by atoms with van der Waals surface area (Å²) in [5.74, 6) is 2.62. The molecular formula is C29H42FNO2. The lowest BCUT2D eigenvalue weighted by Gasteiger charge is -2.38. The first-order valence-electron chi connectivity index (χ1n) is 13.5. The Balaban J connectivity index is 1.28. The zero-order chi connectivity index (χ0) is 23.5. The third kappa shape index (κ3) is 8.43. The molecular weight excluding hydrogens is 413 g/mol. The number of ether oxygens (including phenoxy) is 1. The minimum absolute atomic E-state index is 0.0394. The van der Waals surface area contributed by atoms with E-state index in [0.29, 0.717) is 12.3 Å². The van der Waals surface area contributed by atoms with Crippen LogP contribution in [0.1, 0.15) is 115 Å². The number of carbonyl (C=O) groups excluding carboxylic acids is 1. The fraction of sp³-hybridized carbons (Fsp3) is 0.724. The van der Waals surface area contributed by atoms with Gasteiger partial charge in [0.1, 0.15) is 17.6 Å². The molecule has 1 aromatic carbocycles. The van der Waals surface area contributed by atoms with Crippen LogP contribution in [0.2, 0.25) is 0 Å². The zero-order valence-corrected chi connectivity index (χ0v) is 20.5. The monoisotopic (exact) mass is 455 g/mol. The van der Waals surface area contributed by atoms with Crippen LogP contribution in [0.4, 0.5) is 4.39 Å². The first kappa shape index (κ1) is 25.7. The largest absolute Gasteiger partial charge is 0.426 e. The molecule has 4 heteroatoms. The van der Waals surface area contributed by atoms with Crippen molar-refractivity contribution < 1.29 is 13.9 Å². The zero-order valence-electron chi connectivity index (χ0n) is 20.5. The van der Waals surface area contributed by atoms with E-state index >= 15 is 0 Å². The molecule has 3 nitrogen and oxygen atoms in total. The maximum Gasteiger partial charge on any atom is 0.311 e. The molecule has 0 spiro atoms. The van der Waals surface area contributed by atoms with Gasteiger partial charge in [-0.3, -0.25) is 4.79 Å². The molecule has 0 amide bonds. The van der Waals surface area contributed by atoms with Gasteiger partial charge in [-0.05, 0) is 67.9 Å². The molecule has 2 saturated carbocycles. The number of halogens is 1. The van der Waals surface area contributed by atoms with Gasteiger partial charge in [-0.2, -0.15) is 5.26 Å². The van der Waals surface area contributed by atoms with Gasteiger partial charge < -0.3 is 4.74 Å². The van der Waals surface area contributed by atoms with Crippen molar-refractivity contribution in [2.45, 2.75) is 110 Å². The van der Waals surface area contributed by atoms with Gasteiger partial charge in [-0.25, -0.2) is 4.39 Å². The Morgan fingerprint density at radius 3 is 2.12 bits per heavy atom. The van der Waals surface area contributed by atoms with Crippen LogP contribution in [0.25, 0.3) is 0 Å². The third-order valence-electron chi connectivity index (χ3n) is 8.21. The van der Waals surface area contributed by atoms with Crippen LogP contribution >= 0.6 is 0 Å². The van der Waals surface area contributed by atoms with Crippen molar-refractivity contribution in [2.75, 3.05) is 0 Å². The lowest BCUT2D eigenvalue weighted by Crippen LogP contribution is -2.26. The van der Waals surface area contributed by atoms with Gasteiger partial charge in [0, 0.05) is 12.5 Å². The molecule has 2 aliphatic carbocycles. The number of rotatable bonds is 11. The molecule has 2 fully saturated rings. The van der Waals surface area contributed by atoms with Crippen molar-refractivity contribution in [3.8, 4) is 11.8 Å². The molecule has 0 aromatic heterocycles. The predicted octanol–water partition coefficient (Wildman–Crippen LogP) is 8.36. The summed E-state index contributed by atoms with van der Waals surface area (Å²) >= 11 is 0. The van der Waals surface area contributed by atoms with Crippen molar-refractivity contribution in [1.29, 1.82) is 5.26 Å². The van der Waals surface area contributed by atoms with Gasteiger partial charge in [-0.1, -0.05) is 71.1 Å². The van der Waals surface area contributed by atoms with Gasteiger partial charge in [0.15, 0.2) is 0 Å². The van der Waals surface area contributed by atoms with Gasteiger partial charge >= 0.3 is 5.97 Å². The summed E-state index contributed by atoms with van der Waals surface area (Å²) in [5, 5.41) is 8.79. The fourth-order valence-corrected chi connectivity index (χ4v) is 6.09. The van der Waals surface area contributed by atoms with Crippen molar-refractivity contribution in [1.82, 2.24) is 0 Å². The first-order valence-corrected chi connectivity index (χ1v) is 13.5. The summed E-state index contributed by atoms with van der Waals surface area (Å²) in [5.41, 5.74) is -0.0394. The standard InChI is InChI=1S/C29H42FNO2/c1-2-3-4-5-6-7-22-8-13-24(14-9-22)25-15-10-23(11-16-25)12-19-29(32)33-27-18-17-26(21-31)28(30)20-27/h17-18,20,22-25H,2-16,19H2,1H3. The van der Waals surface area contributed by atoms with E-state index in [1.165, 1.54) is 102 Å². The number of hydrogen-bond donors (Lipinski definition) is 0. The van der Waals surface area contributed by atoms with E-state index in [4.69, 9.17) is 10.00 Å². The molecule has 33 heavy (non-hydrogen) atoms. The normalized spacial score (nSPS) is 25.4. The lowest BCUT2D eigenvalue weighted by atomic mass is 9.68. The molecule has 0 aliphatic heterocycles. The Hall–Kier alpha value is -1.89. The van der Waals surface area contributed by atoms with Crippen molar-refractivity contribution >= 4 is 5.97 Å². The SMILES string of the molecule is CCCCCCCC1CCC(C2CCC(CCC(=O)Oc3ccc(C#N)c(F)c3)CC2)CC1. The highest BCUT2D eigenvalue weighted by molar-refractivity contribution is 5.72. The summed E-state index contributed by atoms with van der Waals surface area (Å²) in [6.07, 6.45) is 20.5. The number of carbonyl (C=O) groups is 1. The molecule has 0 radical (unpaired) electrons. The van der Waals surface area contributed by atoms with Crippen LogP contribution in [0.5, 0.6) is 5.75 Å². The molecule has 0 saturated heterocycles. The van der Waals surface area contributed by atoms with Crippen molar-refractivity contribution in [3.05, 3.63) is 29.6 Å². The first-order chi connectivity index (χ1) is 16.1. The van der Waals surface area contributed by atoms with Crippen LogP contribution in [0.3, 0.4) is 0 Å². The Kier molecular flexibility index (Phi) is 10.7. The van der Waals surface area contributed by atoms with E-state index in [-0.39, 0.29) is 17.3 Å². The molecule has 1 aromatic rings. The predicted molar refractivity (Wildman–Crippen MR) is 130 cm³/mol. The van der Waals surface area contributed by atoms with Crippen LogP contribution in [0.15, 0.2) is 18.2 Å². The highest BCUT2D eigenvalue weighted by Crippen LogP contribution is 2.43. The van der Waals surface area contributed by atoms with Crippen LogP contribution < -0.4 is 4.74 Å². The highest BCUT2D eigenvalue weighted by atomic mass is 19.1. The summed E-state index contributed by atoms with van der Waals surface area (Å²) in [6, 6.07) is 5.71. The van der Waals surface area contributed by atoms with Crippen molar-refractivity contribution in [3.63, 3.8) is 0 Å². The number of nitrogens with zero attached hydrogens (tertiary/aromatic N) is 1. The second-order valence-corrected chi connectivity index (χ2v) is 10.5. The maximum atomic E-state index is 13.7. The smallest absolute Gasteiger partial charge is 0.311 e. The number of esters is 1. The molecule has 0 N–H and O–H groups in total. The molecule has 182 valence electrons. The van der Waals surface area contributed by atoms with Gasteiger partial charge in [0.2, 0.25) is 0 Å². The van der Waals surface area contributed by atoms with E-state index in [9.17, 15) is 9.18 Å². The Bertz CT molecular complexity index is 770. The number of unbranched alkanes of at least 4 members (excludes halogenated alkanes) is 4. The van der Waals surface area contributed by atoms with E-state index in [0.717, 1.165) is 30.2 Å². The van der Waals surface area contributed by atoms with E-state index in [2.05, 4.69) is 6.92 Å². The van der Waals surface area contributed by atoms with Gasteiger partial charge in [0.05, 0.1) is 5.56 Å². The number of nitriles is 1. The minimum Gasteiger partial charge on any atom is -0.426 e. The third-order valence-corrected chi connectivity index (χ3v) is 8.21. The fourth-order valence-electron chi connectivity index (χ4n) is 6.09. The second-order valence-electron chi connectivity index (χ2n) is 10.5. The van der Waals surface area contributed by atoms with E-state index in [1.54, 1.807) is 6.07 Å². The van der Waals surface area contributed by atoms with E-state index < -0.39 is 5.82 Å². The molecule has 0 unspecified atom stereocenters. The highest BCUT2D eigenvalue weighted by Gasteiger charge is 2.30. The van der Waals surface area contributed by atoms with Gasteiger partial charge in [0.25, 0.3) is 0 Å². The molecule has 2 aliphatic rings. The Morgan fingerprint density at radius 1 is 0.939 bits per heavy atom. The second kappa shape index (κ2) is 13.7. The maximum absolute atomic E-state index is 13.7. The summed E-state index contributed by atoms with van der Waals surface area (Å²) in [7, 11) is 0. The summed E-state index contributed by atoms with van der Waals surface area (Å²) in [6.45, 7) is 2.28. The van der Waals surface area contributed by atoms with Crippen LogP contribution in [-0.4, -0.2) is 5.97 Å². The molecule has 3 rings (SSSR count). The number of benzene rings is 1. The van der Waals surface area contributed by atoms with Crippen molar-refractivity contribution in [2.24, 2.45) is 23.7 Å². The van der Waals surface area contributed by atoms with E-state index in [1.807, 2.05) is 0 Å². The summed E-state index contributed by atoms with van der Waals surface area (Å²) < 4.78 is 18.9. The van der Waals surface area contributed by atoms with Crippen LogP contribution in [0, 0.1) is 40.8 Å². The average molecular weight is 456 g/mol. The Labute approximate surface area is 200 Å². The quantitative estimate of drug-likeness (QED) is 0.191. The van der Waals surface area contributed by atoms with Gasteiger partial charge in [-0.15, -0.1) is 0 Å². The van der Waals surface area contributed by atoms with Crippen LogP contribution in [-0.2, 0) is 4.79 Å². The number of hydrogen-bond acceptors (Lipinski definition) is 3. The Morgan fingerprint density at radius 2 is 1.55 bits per heavy atom. The topological polar surface area (TPSA) is 50.1 Å². The summed E-state index contributed by atoms with van der Waals surface area (Å²) in [4.78, 5) is 12.2. The molecule has 0 atom stereocenters.